The summed E-state index contributed by atoms with van der Waals surface area (Å²) in [5, 5.41) is 8.28. The van der Waals surface area contributed by atoms with Crippen LogP contribution in [0.1, 0.15) is 55.9 Å². The van der Waals surface area contributed by atoms with Crippen molar-refractivity contribution in [3.63, 3.8) is 0 Å². The largest absolute Gasteiger partial charge is 0.322 e. The Bertz CT molecular complexity index is 799. The van der Waals surface area contributed by atoms with Crippen LogP contribution in [-0.4, -0.2) is 32.7 Å². The summed E-state index contributed by atoms with van der Waals surface area (Å²) in [7, 11) is 0.0248. The van der Waals surface area contributed by atoms with Crippen LogP contribution in [0.4, 0.5) is 0 Å². The lowest BCUT2D eigenvalue weighted by molar-refractivity contribution is 0.570. The summed E-state index contributed by atoms with van der Waals surface area (Å²) in [6.07, 6.45) is 3.84. The van der Waals surface area contributed by atoms with Crippen LogP contribution in [0.3, 0.4) is 0 Å². The van der Waals surface area contributed by atoms with Gasteiger partial charge in [0.1, 0.15) is 17.4 Å². The number of rotatable bonds is 5. The Morgan fingerprint density at radius 1 is 1.23 bits per heavy atom. The van der Waals surface area contributed by atoms with Gasteiger partial charge in [0.15, 0.2) is 0 Å². The molecule has 0 aliphatic heterocycles. The highest BCUT2D eigenvalue weighted by atomic mass is 32.2. The molecule has 22 heavy (non-hydrogen) atoms. The van der Waals surface area contributed by atoms with Crippen molar-refractivity contribution in [3.8, 4) is 0 Å². The van der Waals surface area contributed by atoms with E-state index in [4.69, 9.17) is 0 Å². The van der Waals surface area contributed by atoms with E-state index in [0.717, 1.165) is 24.4 Å². The summed E-state index contributed by atoms with van der Waals surface area (Å²) >= 11 is 0. The van der Waals surface area contributed by atoms with Crippen molar-refractivity contribution in [2.45, 2.75) is 49.4 Å². The molecule has 1 fully saturated rings. The van der Waals surface area contributed by atoms with Crippen molar-refractivity contribution >= 4 is 9.84 Å². The van der Waals surface area contributed by atoms with Crippen LogP contribution in [0.25, 0.3) is 0 Å². The zero-order chi connectivity index (χ0) is 16.1. The predicted molar refractivity (Wildman–Crippen MR) is 81.2 cm³/mol. The van der Waals surface area contributed by atoms with Gasteiger partial charge in [-0.1, -0.05) is 13.8 Å². The van der Waals surface area contributed by atoms with Crippen LogP contribution in [0.15, 0.2) is 11.4 Å². The lowest BCUT2D eigenvalue weighted by Crippen LogP contribution is -2.15. The lowest BCUT2D eigenvalue weighted by Gasteiger charge is -2.09. The molecule has 3 rings (SSSR count). The lowest BCUT2D eigenvalue weighted by atomic mass is 10.1. The summed E-state index contributed by atoms with van der Waals surface area (Å²) in [5.74, 6) is 1.84. The maximum Gasteiger partial charge on any atom is 0.228 e. The van der Waals surface area contributed by atoms with Crippen LogP contribution in [0.5, 0.6) is 0 Å². The van der Waals surface area contributed by atoms with Gasteiger partial charge in [0.05, 0.1) is 0 Å². The number of sulfone groups is 1. The van der Waals surface area contributed by atoms with Crippen LogP contribution in [0.2, 0.25) is 0 Å². The van der Waals surface area contributed by atoms with Gasteiger partial charge in [-0.3, -0.25) is 0 Å². The molecule has 120 valence electrons. The van der Waals surface area contributed by atoms with E-state index in [9.17, 15) is 8.42 Å². The molecule has 7 nitrogen and oxygen atoms in total. The molecule has 0 spiro atoms. The smallest absolute Gasteiger partial charge is 0.228 e. The standard InChI is InChI=1S/C14H21N5O2S/c1-9(2)11-7-15-14(18(11)3)22(20,21)8-12-16-17-13(19(12)4)10-5-6-10/h7,9-10H,5-6,8H2,1-4H3. The summed E-state index contributed by atoms with van der Waals surface area (Å²) in [6.45, 7) is 4.02. The Labute approximate surface area is 130 Å². The van der Waals surface area contributed by atoms with E-state index in [0.29, 0.717) is 11.7 Å². The fourth-order valence-electron chi connectivity index (χ4n) is 2.66. The molecule has 0 bridgehead atoms. The zero-order valence-corrected chi connectivity index (χ0v) is 14.1. The SMILES string of the molecule is CC(C)c1cnc(S(=O)(=O)Cc2nnc(C3CC3)n2C)n1C. The van der Waals surface area contributed by atoms with E-state index >= 15 is 0 Å². The molecule has 0 radical (unpaired) electrons. The van der Waals surface area contributed by atoms with Gasteiger partial charge in [-0.25, -0.2) is 13.4 Å². The highest BCUT2D eigenvalue weighted by Gasteiger charge is 2.31. The molecule has 0 atom stereocenters. The van der Waals surface area contributed by atoms with E-state index < -0.39 is 9.84 Å². The van der Waals surface area contributed by atoms with Crippen LogP contribution in [-0.2, 0) is 29.7 Å². The third kappa shape index (κ3) is 2.55. The summed E-state index contributed by atoms with van der Waals surface area (Å²) in [4.78, 5) is 4.11. The number of imidazole rings is 1. The molecule has 0 N–H and O–H groups in total. The molecule has 2 heterocycles. The van der Waals surface area contributed by atoms with Crippen molar-refractivity contribution < 1.29 is 8.42 Å². The van der Waals surface area contributed by atoms with Gasteiger partial charge in [-0.05, 0) is 18.8 Å². The van der Waals surface area contributed by atoms with Crippen molar-refractivity contribution in [2.24, 2.45) is 14.1 Å². The van der Waals surface area contributed by atoms with Crippen molar-refractivity contribution in [1.82, 2.24) is 24.3 Å². The highest BCUT2D eigenvalue weighted by molar-refractivity contribution is 7.90. The second-order valence-corrected chi connectivity index (χ2v) is 8.13. The summed E-state index contributed by atoms with van der Waals surface area (Å²) < 4.78 is 28.7. The first-order chi connectivity index (χ1) is 10.3. The van der Waals surface area contributed by atoms with E-state index in [2.05, 4.69) is 15.2 Å². The molecule has 1 aliphatic rings. The monoisotopic (exact) mass is 323 g/mol. The molecule has 0 aromatic carbocycles. The third-order valence-electron chi connectivity index (χ3n) is 4.11. The first kappa shape index (κ1) is 15.2. The minimum atomic E-state index is -3.54. The van der Waals surface area contributed by atoms with E-state index in [1.54, 1.807) is 17.8 Å². The van der Waals surface area contributed by atoms with Crippen LogP contribution in [0, 0.1) is 0 Å². The van der Waals surface area contributed by atoms with Gasteiger partial charge in [-0.15, -0.1) is 10.2 Å². The van der Waals surface area contributed by atoms with Gasteiger partial charge in [0, 0.05) is 31.9 Å². The Morgan fingerprint density at radius 2 is 1.91 bits per heavy atom. The number of aromatic nitrogens is 5. The fraction of sp³-hybridized carbons (Fsp3) is 0.643. The van der Waals surface area contributed by atoms with E-state index in [-0.39, 0.29) is 16.8 Å². The number of hydrogen-bond donors (Lipinski definition) is 0. The number of nitrogens with zero attached hydrogens (tertiary/aromatic N) is 5. The average molecular weight is 323 g/mol. The quantitative estimate of drug-likeness (QED) is 0.833. The Morgan fingerprint density at radius 3 is 2.45 bits per heavy atom. The first-order valence-corrected chi connectivity index (χ1v) is 9.09. The molecule has 1 aliphatic carbocycles. The fourth-order valence-corrected chi connectivity index (χ4v) is 4.12. The molecule has 8 heteroatoms. The molecule has 1 saturated carbocycles. The van der Waals surface area contributed by atoms with Crippen molar-refractivity contribution in [1.29, 1.82) is 0 Å². The summed E-state index contributed by atoms with van der Waals surface area (Å²) in [6, 6.07) is 0. The van der Waals surface area contributed by atoms with Crippen molar-refractivity contribution in [3.05, 3.63) is 23.5 Å². The maximum absolute atomic E-state index is 12.6. The minimum Gasteiger partial charge on any atom is -0.322 e. The van der Waals surface area contributed by atoms with Crippen LogP contribution < -0.4 is 0 Å². The molecule has 2 aromatic heterocycles. The Kier molecular flexibility index (Phi) is 3.58. The van der Waals surface area contributed by atoms with Crippen molar-refractivity contribution in [2.75, 3.05) is 0 Å². The highest BCUT2D eigenvalue weighted by Crippen LogP contribution is 2.38. The first-order valence-electron chi connectivity index (χ1n) is 7.43. The molecular formula is C14H21N5O2S. The molecule has 0 amide bonds. The molecule has 2 aromatic rings. The second kappa shape index (κ2) is 5.19. The minimum absolute atomic E-state index is 0.0900. The Hall–Kier alpha value is -1.70. The maximum atomic E-state index is 12.6. The summed E-state index contributed by atoms with van der Waals surface area (Å²) in [5.41, 5.74) is 0.898. The van der Waals surface area contributed by atoms with E-state index in [1.807, 2.05) is 25.5 Å². The van der Waals surface area contributed by atoms with Gasteiger partial charge in [0.25, 0.3) is 0 Å². The second-order valence-electron chi connectivity index (χ2n) is 6.25. The molecular weight excluding hydrogens is 302 g/mol. The van der Waals surface area contributed by atoms with Gasteiger partial charge in [0.2, 0.25) is 15.0 Å². The topological polar surface area (TPSA) is 82.7 Å². The molecule has 0 unspecified atom stereocenters. The van der Waals surface area contributed by atoms with Gasteiger partial charge >= 0.3 is 0 Å². The van der Waals surface area contributed by atoms with Gasteiger partial charge in [-0.2, -0.15) is 0 Å². The third-order valence-corrected chi connectivity index (χ3v) is 5.69. The molecule has 0 saturated heterocycles. The Balaban J connectivity index is 1.91. The number of hydrogen-bond acceptors (Lipinski definition) is 5. The zero-order valence-electron chi connectivity index (χ0n) is 13.3. The van der Waals surface area contributed by atoms with Crippen LogP contribution >= 0.6 is 0 Å². The van der Waals surface area contributed by atoms with E-state index in [1.165, 1.54) is 0 Å². The normalized spacial score (nSPS) is 15.7. The predicted octanol–water partition coefficient (Wildman–Crippen LogP) is 1.52. The average Bonchev–Trinajstić information content (AvgIpc) is 3.09. The van der Waals surface area contributed by atoms with Gasteiger partial charge < -0.3 is 9.13 Å².